The number of carbonyl (C=O) groups excluding carboxylic acids is 9. The number of carbonyl (C=O) groups is 10. The maximum absolute atomic E-state index is 15.5. The van der Waals surface area contributed by atoms with Crippen molar-refractivity contribution in [2.45, 2.75) is 142 Å². The van der Waals surface area contributed by atoms with Crippen LogP contribution < -0.4 is 32.1 Å². The van der Waals surface area contributed by atoms with Crippen LogP contribution in [0.2, 0.25) is 0 Å². The predicted molar refractivity (Wildman–Crippen MR) is 366 cm³/mol. The van der Waals surface area contributed by atoms with E-state index in [0.717, 1.165) is 5.56 Å². The Morgan fingerprint density at radius 1 is 0.676 bits per heavy atom. The van der Waals surface area contributed by atoms with Crippen LogP contribution in [-0.4, -0.2) is 221 Å². The molecule has 4 aliphatic rings. The second-order valence-electron chi connectivity index (χ2n) is 25.4. The smallest absolute Gasteiger partial charge is 0.407 e. The highest BCUT2D eigenvalue weighted by Crippen LogP contribution is 2.46. The molecule has 8 rings (SSSR count). The summed E-state index contributed by atoms with van der Waals surface area (Å²) >= 11 is 0. The van der Waals surface area contributed by atoms with E-state index in [4.69, 9.17) is 61.9 Å². The largest absolute Gasteiger partial charge is 0.481 e. The molecule has 3 aliphatic heterocycles. The van der Waals surface area contributed by atoms with Crippen LogP contribution in [0.3, 0.4) is 0 Å². The molecule has 1 aliphatic carbocycles. The van der Waals surface area contributed by atoms with Gasteiger partial charge in [0.1, 0.15) is 37.2 Å². The van der Waals surface area contributed by atoms with E-state index in [1.807, 2.05) is 0 Å². The standard InChI is InChI=1S/C71H93FN8O25/c1-6-71(93)50-37-55-64-48(39-79(55)68(90)49(50)41-103-69(71)91)62-52(12-11-47-43(4)51(72)38-54(76-64)61(47)62)77-70(92)104-40-45-7-9-46(10-8-45)74-65(87)44(5)73-67(89)63(42(2)3)78-66(88)53(13-16-59(84)85)75-56(81)17-19-94-21-23-96-25-27-98-29-31-100-33-35-102-36-34-101-32-30-99-28-26-97-24-22-95-20-18-60(86)105-80-57(82)14-15-58(80)83/h7-10,37-38,42,44,52-53,63,93H,6,11-36,39-41H2,1-5H3,(H,73,89)(H,74,87)(H,75,81)(H,77,92)(H,78,88)(H,84,85)/t44-,52-,53-,63-,71-/m0/s1. The number of anilines is 1. The first kappa shape index (κ1) is 81.7. The number of pyridine rings is 2. The fourth-order valence-electron chi connectivity index (χ4n) is 11.9. The maximum atomic E-state index is 15.5. The molecule has 0 spiro atoms. The third-order valence-corrected chi connectivity index (χ3v) is 17.7. The van der Waals surface area contributed by atoms with Gasteiger partial charge in [-0.25, -0.2) is 23.8 Å². The van der Waals surface area contributed by atoms with E-state index in [1.54, 1.807) is 58.0 Å². The molecule has 4 aromatic rings. The Labute approximate surface area is 604 Å². The van der Waals surface area contributed by atoms with E-state index >= 15 is 4.39 Å². The molecule has 7 amide bonds. The van der Waals surface area contributed by atoms with Gasteiger partial charge in [-0.1, -0.05) is 32.9 Å². The summed E-state index contributed by atoms with van der Waals surface area (Å²) in [7, 11) is 0. The van der Waals surface area contributed by atoms with Crippen molar-refractivity contribution in [3.05, 3.63) is 91.5 Å². The molecule has 574 valence electrons. The number of hydrogen-bond acceptors (Lipinski definition) is 25. The van der Waals surface area contributed by atoms with Crippen LogP contribution >= 0.6 is 0 Å². The molecule has 105 heavy (non-hydrogen) atoms. The van der Waals surface area contributed by atoms with Crippen molar-refractivity contribution in [3.63, 3.8) is 0 Å². The Bertz CT molecular complexity index is 3780. The highest BCUT2D eigenvalue weighted by Gasteiger charge is 2.46. The van der Waals surface area contributed by atoms with Crippen LogP contribution in [0.1, 0.15) is 124 Å². The Morgan fingerprint density at radius 2 is 1.23 bits per heavy atom. The van der Waals surface area contributed by atoms with E-state index in [-0.39, 0.29) is 116 Å². The first-order valence-electron chi connectivity index (χ1n) is 35.0. The van der Waals surface area contributed by atoms with Gasteiger partial charge in [0.15, 0.2) is 5.60 Å². The van der Waals surface area contributed by atoms with Crippen LogP contribution in [0, 0.1) is 18.7 Å². The third kappa shape index (κ3) is 23.0. The molecule has 1 fully saturated rings. The lowest BCUT2D eigenvalue weighted by atomic mass is 9.81. The number of hydroxylamine groups is 2. The number of amides is 7. The summed E-state index contributed by atoms with van der Waals surface area (Å²) in [5, 5.41) is 35.4. The van der Waals surface area contributed by atoms with Crippen molar-refractivity contribution in [2.24, 2.45) is 5.92 Å². The van der Waals surface area contributed by atoms with E-state index < -0.39 is 113 Å². The number of aliphatic hydroxyl groups is 1. The lowest BCUT2D eigenvalue weighted by Gasteiger charge is -2.31. The summed E-state index contributed by atoms with van der Waals surface area (Å²) in [6, 6.07) is 4.96. The fourth-order valence-corrected chi connectivity index (χ4v) is 11.9. The summed E-state index contributed by atoms with van der Waals surface area (Å²) in [5.41, 5.74) is 2.05. The Balaban J connectivity index is 0.650. The number of benzene rings is 2. The number of nitrogens with zero attached hydrogens (tertiary/aromatic N) is 3. The number of carboxylic acid groups (broad SMARTS) is 1. The summed E-state index contributed by atoms with van der Waals surface area (Å²) in [6.45, 7) is 12.7. The van der Waals surface area contributed by atoms with Crippen molar-refractivity contribution < 1.29 is 119 Å². The fraction of sp³-hybridized carbons (Fsp3) is 0.577. The van der Waals surface area contributed by atoms with Gasteiger partial charge in [-0.15, -0.1) is 5.06 Å². The quantitative estimate of drug-likeness (QED) is 0.0167. The number of aromatic nitrogens is 2. The molecular formula is C71H93FN8O25. The average molecular weight is 1480 g/mol. The number of esters is 1. The number of carboxylic acids is 1. The number of alkyl carbamates (subject to hydrolysis) is 1. The minimum Gasteiger partial charge on any atom is -0.481 e. The van der Waals surface area contributed by atoms with E-state index in [1.165, 1.54) is 17.6 Å². The minimum absolute atomic E-state index is 0.0286. The second kappa shape index (κ2) is 40.5. The van der Waals surface area contributed by atoms with Crippen LogP contribution in [-0.2, 0) is 132 Å². The van der Waals surface area contributed by atoms with E-state index in [9.17, 15) is 63.0 Å². The normalized spacial score (nSPS) is 16.6. The van der Waals surface area contributed by atoms with Gasteiger partial charge < -0.3 is 98.3 Å². The van der Waals surface area contributed by atoms with Crippen molar-refractivity contribution in [1.29, 1.82) is 0 Å². The highest BCUT2D eigenvalue weighted by molar-refractivity contribution is 6.02. The predicted octanol–water partition coefficient (Wildman–Crippen LogP) is 2.91. The van der Waals surface area contributed by atoms with Gasteiger partial charge in [0.05, 0.1) is 160 Å². The summed E-state index contributed by atoms with van der Waals surface area (Å²) in [6.07, 6.45) is -1.05. The number of imide groups is 1. The number of fused-ring (bicyclic) bond motifs is 5. The van der Waals surface area contributed by atoms with Gasteiger partial charge in [0.2, 0.25) is 23.6 Å². The van der Waals surface area contributed by atoms with Gasteiger partial charge in [0.25, 0.3) is 17.4 Å². The number of cyclic esters (lactones) is 1. The maximum Gasteiger partial charge on any atom is 0.407 e. The minimum atomic E-state index is -2.06. The van der Waals surface area contributed by atoms with Gasteiger partial charge in [-0.05, 0) is 85.9 Å². The molecule has 1 saturated heterocycles. The molecule has 0 bridgehead atoms. The van der Waals surface area contributed by atoms with Gasteiger partial charge >= 0.3 is 24.0 Å². The second-order valence-corrected chi connectivity index (χ2v) is 25.4. The molecule has 0 saturated carbocycles. The molecule has 34 heteroatoms. The number of rotatable bonds is 46. The van der Waals surface area contributed by atoms with Crippen LogP contribution in [0.25, 0.3) is 22.3 Å². The number of aliphatic carboxylic acids is 1. The summed E-state index contributed by atoms with van der Waals surface area (Å²) < 4.78 is 77.0. The van der Waals surface area contributed by atoms with Gasteiger partial charge in [-0.2, -0.15) is 0 Å². The van der Waals surface area contributed by atoms with Crippen molar-refractivity contribution in [2.75, 3.05) is 124 Å². The number of halogens is 1. The molecule has 33 nitrogen and oxygen atoms in total. The third-order valence-electron chi connectivity index (χ3n) is 17.7. The average Bonchev–Trinajstić information content (AvgIpc) is 1.58. The zero-order valence-corrected chi connectivity index (χ0v) is 59.6. The zero-order chi connectivity index (χ0) is 75.6. The Kier molecular flexibility index (Phi) is 31.5. The number of ether oxygens (including phenoxy) is 11. The zero-order valence-electron chi connectivity index (χ0n) is 59.6. The summed E-state index contributed by atoms with van der Waals surface area (Å²) in [4.78, 5) is 150. The van der Waals surface area contributed by atoms with E-state index in [0.29, 0.717) is 141 Å². The number of aryl methyl sites for hydroxylation is 1. The number of nitrogens with one attached hydrogen (secondary N) is 5. The van der Waals surface area contributed by atoms with Crippen molar-refractivity contribution in [3.8, 4) is 11.4 Å². The van der Waals surface area contributed by atoms with Crippen molar-refractivity contribution >= 4 is 76.0 Å². The molecule has 5 atom stereocenters. The number of hydrogen-bond donors (Lipinski definition) is 7. The monoisotopic (exact) mass is 1480 g/mol. The molecule has 5 heterocycles. The molecular weight excluding hydrogens is 1380 g/mol. The first-order valence-corrected chi connectivity index (χ1v) is 35.0. The lowest BCUT2D eigenvalue weighted by Crippen LogP contribution is -2.57. The highest BCUT2D eigenvalue weighted by atomic mass is 19.1. The van der Waals surface area contributed by atoms with Crippen LogP contribution in [0.5, 0.6) is 0 Å². The lowest BCUT2D eigenvalue weighted by molar-refractivity contribution is -0.198. The molecule has 2 aromatic carbocycles. The molecule has 0 radical (unpaired) electrons. The van der Waals surface area contributed by atoms with Gasteiger partial charge in [0, 0.05) is 54.0 Å². The summed E-state index contributed by atoms with van der Waals surface area (Å²) in [5.74, 6) is -7.63. The van der Waals surface area contributed by atoms with Crippen LogP contribution in [0.4, 0.5) is 14.9 Å². The first-order chi connectivity index (χ1) is 50.5. The topological polar surface area (TPSA) is 420 Å². The molecule has 7 N–H and O–H groups in total. The van der Waals surface area contributed by atoms with Crippen LogP contribution in [0.15, 0.2) is 41.2 Å². The Morgan fingerprint density at radius 3 is 1.77 bits per heavy atom. The van der Waals surface area contributed by atoms with Gasteiger partial charge in [-0.3, -0.25) is 38.4 Å². The van der Waals surface area contributed by atoms with Crippen molar-refractivity contribution in [1.82, 2.24) is 35.9 Å². The molecule has 2 aromatic heterocycles. The molecule has 0 unspecified atom stereocenters. The SMILES string of the molecule is CC[C@@]1(O)C(=O)OCc2c1cc1n(c2=O)Cc2c-1nc1cc(F)c(C)c3c1c2[C@@H](NC(=O)OCc1ccc(NC(=O)[C@H](C)NC(=O)[C@@H](NC(=O)[C@H](CCC(=O)O)NC(=O)CCOCCOCCOCCOCCOCCOCCOCCOCCOCCC(=O)ON2C(=O)CCC2=O)C(C)C)cc1)CC3. The Hall–Kier alpha value is -8.97. The van der Waals surface area contributed by atoms with E-state index in [2.05, 4.69) is 26.6 Å².